The van der Waals surface area contributed by atoms with Crippen molar-refractivity contribution in [2.45, 2.75) is 12.7 Å². The van der Waals surface area contributed by atoms with E-state index in [4.69, 9.17) is 10.5 Å². The minimum Gasteiger partial charge on any atom is -0.378 e. The predicted octanol–water partition coefficient (Wildman–Crippen LogP) is 2.19. The Labute approximate surface area is 131 Å². The van der Waals surface area contributed by atoms with Crippen LogP contribution in [0.15, 0.2) is 30.3 Å². The number of halogens is 3. The zero-order valence-electron chi connectivity index (χ0n) is 12.4. The van der Waals surface area contributed by atoms with Crippen LogP contribution in [0.5, 0.6) is 0 Å². The third-order valence-electron chi connectivity index (χ3n) is 3.73. The second-order valence-electron chi connectivity index (χ2n) is 5.27. The Hall–Kier alpha value is -2.06. The number of morpholine rings is 1. The number of hydrogen-bond donors (Lipinski definition) is 1. The fourth-order valence-corrected chi connectivity index (χ4v) is 2.49. The van der Waals surface area contributed by atoms with E-state index in [0.717, 1.165) is 11.6 Å². The Bertz CT molecular complexity index is 660. The Morgan fingerprint density at radius 2 is 1.78 bits per heavy atom. The van der Waals surface area contributed by atoms with Crippen LogP contribution in [-0.4, -0.2) is 36.1 Å². The highest BCUT2D eigenvalue weighted by atomic mass is 19.4. The molecule has 0 atom stereocenters. The standard InChI is InChI=1S/C15H17F3N4O/c16-15(17,18)13-9-14(21-5-7-23-8-6-21)22(20-13)12-3-1-11(10-19)2-4-12/h1-4,9H,5-8,10,19H2. The Balaban J connectivity index is 2.03. The van der Waals surface area contributed by atoms with E-state index in [2.05, 4.69) is 5.10 Å². The van der Waals surface area contributed by atoms with Gasteiger partial charge in [-0.05, 0) is 17.7 Å². The van der Waals surface area contributed by atoms with Crippen LogP contribution >= 0.6 is 0 Å². The van der Waals surface area contributed by atoms with E-state index in [9.17, 15) is 13.2 Å². The predicted molar refractivity (Wildman–Crippen MR) is 79.5 cm³/mol. The maximum atomic E-state index is 13.0. The zero-order valence-corrected chi connectivity index (χ0v) is 12.4. The normalized spacial score (nSPS) is 15.9. The van der Waals surface area contributed by atoms with Crippen molar-refractivity contribution in [2.75, 3.05) is 31.2 Å². The molecule has 0 spiro atoms. The summed E-state index contributed by atoms with van der Waals surface area (Å²) in [5.74, 6) is 0.418. The van der Waals surface area contributed by atoms with E-state index in [1.807, 2.05) is 4.90 Å². The van der Waals surface area contributed by atoms with Crippen LogP contribution in [0.25, 0.3) is 5.69 Å². The lowest BCUT2D eigenvalue weighted by molar-refractivity contribution is -0.141. The lowest BCUT2D eigenvalue weighted by Crippen LogP contribution is -2.37. The van der Waals surface area contributed by atoms with Crippen LogP contribution in [0, 0.1) is 0 Å². The number of benzene rings is 1. The molecule has 0 radical (unpaired) electrons. The first-order valence-electron chi connectivity index (χ1n) is 7.28. The van der Waals surface area contributed by atoms with Crippen molar-refractivity contribution in [1.82, 2.24) is 9.78 Å². The summed E-state index contributed by atoms with van der Waals surface area (Å²) >= 11 is 0. The largest absolute Gasteiger partial charge is 0.435 e. The minimum atomic E-state index is -4.48. The van der Waals surface area contributed by atoms with Crippen molar-refractivity contribution in [2.24, 2.45) is 5.73 Å². The number of nitrogens with zero attached hydrogens (tertiary/aromatic N) is 3. The van der Waals surface area contributed by atoms with Gasteiger partial charge in [-0.25, -0.2) is 4.68 Å². The quantitative estimate of drug-likeness (QED) is 0.939. The van der Waals surface area contributed by atoms with Crippen molar-refractivity contribution in [1.29, 1.82) is 0 Å². The summed E-state index contributed by atoms with van der Waals surface area (Å²) in [5, 5.41) is 3.76. The molecule has 23 heavy (non-hydrogen) atoms. The van der Waals surface area contributed by atoms with E-state index in [1.54, 1.807) is 24.3 Å². The van der Waals surface area contributed by atoms with Crippen molar-refractivity contribution in [3.63, 3.8) is 0 Å². The summed E-state index contributed by atoms with van der Waals surface area (Å²) in [6.45, 7) is 2.41. The molecule has 0 unspecified atom stereocenters. The van der Waals surface area contributed by atoms with Crippen molar-refractivity contribution < 1.29 is 17.9 Å². The number of rotatable bonds is 3. The molecule has 1 aliphatic rings. The highest BCUT2D eigenvalue weighted by Crippen LogP contribution is 2.32. The zero-order chi connectivity index (χ0) is 16.4. The van der Waals surface area contributed by atoms with Gasteiger partial charge >= 0.3 is 6.18 Å². The number of aromatic nitrogens is 2. The van der Waals surface area contributed by atoms with Gasteiger partial charge in [0.1, 0.15) is 5.82 Å². The van der Waals surface area contributed by atoms with Gasteiger partial charge in [-0.3, -0.25) is 0 Å². The molecule has 1 aliphatic heterocycles. The molecule has 0 amide bonds. The van der Waals surface area contributed by atoms with Gasteiger partial charge in [0.2, 0.25) is 0 Å². The van der Waals surface area contributed by atoms with Gasteiger partial charge < -0.3 is 15.4 Å². The number of hydrogen-bond acceptors (Lipinski definition) is 4. The molecule has 2 aromatic rings. The van der Waals surface area contributed by atoms with E-state index in [0.29, 0.717) is 44.4 Å². The van der Waals surface area contributed by atoms with Gasteiger partial charge in [0.25, 0.3) is 0 Å². The third kappa shape index (κ3) is 3.32. The maximum absolute atomic E-state index is 13.0. The van der Waals surface area contributed by atoms with E-state index >= 15 is 0 Å². The van der Waals surface area contributed by atoms with Crippen molar-refractivity contribution in [3.05, 3.63) is 41.6 Å². The summed E-state index contributed by atoms with van der Waals surface area (Å²) < 4.78 is 45.7. The molecule has 0 saturated carbocycles. The molecule has 1 fully saturated rings. The fraction of sp³-hybridized carbons (Fsp3) is 0.400. The summed E-state index contributed by atoms with van der Waals surface area (Å²) in [5.41, 5.74) is 6.13. The molecule has 1 aromatic heterocycles. The molecule has 2 N–H and O–H groups in total. The molecule has 1 saturated heterocycles. The molecular formula is C15H17F3N4O. The van der Waals surface area contributed by atoms with Gasteiger partial charge in [-0.2, -0.15) is 18.3 Å². The fourth-order valence-electron chi connectivity index (χ4n) is 2.49. The molecule has 3 rings (SSSR count). The molecule has 8 heteroatoms. The number of nitrogens with two attached hydrogens (primary N) is 1. The highest BCUT2D eigenvalue weighted by Gasteiger charge is 2.36. The third-order valence-corrected chi connectivity index (χ3v) is 3.73. The van der Waals surface area contributed by atoms with Crippen molar-refractivity contribution in [3.8, 4) is 5.69 Å². The van der Waals surface area contributed by atoms with Crippen LogP contribution in [0.1, 0.15) is 11.3 Å². The van der Waals surface area contributed by atoms with Crippen LogP contribution in [0.3, 0.4) is 0 Å². The van der Waals surface area contributed by atoms with Crippen LogP contribution < -0.4 is 10.6 Å². The van der Waals surface area contributed by atoms with Gasteiger partial charge in [-0.15, -0.1) is 0 Å². The molecule has 124 valence electrons. The maximum Gasteiger partial charge on any atom is 0.435 e. The molecule has 0 aliphatic carbocycles. The average Bonchev–Trinajstić information content (AvgIpc) is 3.01. The Kier molecular flexibility index (Phi) is 4.27. The summed E-state index contributed by atoms with van der Waals surface area (Å²) in [6, 6.07) is 8.10. The molecule has 2 heterocycles. The van der Waals surface area contributed by atoms with Crippen LogP contribution in [0.4, 0.5) is 19.0 Å². The lowest BCUT2D eigenvalue weighted by atomic mass is 10.2. The molecule has 0 bridgehead atoms. The monoisotopic (exact) mass is 326 g/mol. The summed E-state index contributed by atoms with van der Waals surface area (Å²) in [4.78, 5) is 1.85. The number of alkyl halides is 3. The van der Waals surface area contributed by atoms with Gasteiger partial charge in [-0.1, -0.05) is 12.1 Å². The lowest BCUT2D eigenvalue weighted by Gasteiger charge is -2.28. The SMILES string of the molecule is NCc1ccc(-n2nc(C(F)(F)F)cc2N2CCOCC2)cc1. The van der Waals surface area contributed by atoms with Gasteiger partial charge in [0, 0.05) is 25.7 Å². The first kappa shape index (κ1) is 15.8. The van der Waals surface area contributed by atoms with E-state index in [-0.39, 0.29) is 0 Å². The highest BCUT2D eigenvalue weighted by molar-refractivity contribution is 5.49. The number of anilines is 1. The summed E-state index contributed by atoms with van der Waals surface area (Å²) in [7, 11) is 0. The van der Waals surface area contributed by atoms with Crippen LogP contribution in [-0.2, 0) is 17.5 Å². The average molecular weight is 326 g/mol. The van der Waals surface area contributed by atoms with Gasteiger partial charge in [0.05, 0.1) is 18.9 Å². The molecular weight excluding hydrogens is 309 g/mol. The second-order valence-corrected chi connectivity index (χ2v) is 5.27. The molecule has 1 aromatic carbocycles. The Morgan fingerprint density at radius 1 is 1.13 bits per heavy atom. The summed E-state index contributed by atoms with van der Waals surface area (Å²) in [6.07, 6.45) is -4.48. The first-order valence-corrected chi connectivity index (χ1v) is 7.28. The van der Waals surface area contributed by atoms with Crippen LogP contribution in [0.2, 0.25) is 0 Å². The van der Waals surface area contributed by atoms with Crippen molar-refractivity contribution >= 4 is 5.82 Å². The smallest absolute Gasteiger partial charge is 0.378 e. The topological polar surface area (TPSA) is 56.3 Å². The minimum absolute atomic E-state index is 0.378. The number of ether oxygens (including phenoxy) is 1. The second kappa shape index (κ2) is 6.21. The Morgan fingerprint density at radius 3 is 2.35 bits per heavy atom. The first-order chi connectivity index (χ1) is 11.0. The van der Waals surface area contributed by atoms with Gasteiger partial charge in [0.15, 0.2) is 5.69 Å². The molecule has 5 nitrogen and oxygen atoms in total. The van der Waals surface area contributed by atoms with E-state index < -0.39 is 11.9 Å². The van der Waals surface area contributed by atoms with E-state index in [1.165, 1.54) is 4.68 Å².